The third-order valence-corrected chi connectivity index (χ3v) is 5.18. The van der Waals surface area contributed by atoms with Crippen molar-refractivity contribution in [3.05, 3.63) is 54.4 Å². The molecule has 2 N–H and O–H groups in total. The molecular weight excluding hydrogens is 347 g/mol. The Morgan fingerprint density at radius 2 is 1.82 bits per heavy atom. The molecule has 0 aliphatic carbocycles. The highest BCUT2D eigenvalue weighted by atomic mass is 35.5. The van der Waals surface area contributed by atoms with E-state index in [0.29, 0.717) is 11.3 Å². The molecule has 0 saturated heterocycles. The Morgan fingerprint density at radius 1 is 1.18 bits per heavy atom. The van der Waals surface area contributed by atoms with E-state index in [9.17, 15) is 8.42 Å². The van der Waals surface area contributed by atoms with Crippen LogP contribution in [-0.4, -0.2) is 27.1 Å². The molecule has 0 aliphatic rings. The number of nitrogens with two attached hydrogens (primary N) is 1. The van der Waals surface area contributed by atoms with Crippen LogP contribution >= 0.6 is 24.8 Å². The molecule has 1 heterocycles. The molecule has 2 aromatic rings. The van der Waals surface area contributed by atoms with Crippen molar-refractivity contribution in [2.45, 2.75) is 10.1 Å². The van der Waals surface area contributed by atoms with E-state index in [1.807, 2.05) is 0 Å². The highest BCUT2D eigenvalue weighted by Crippen LogP contribution is 2.28. The van der Waals surface area contributed by atoms with Crippen molar-refractivity contribution in [1.82, 2.24) is 4.98 Å². The van der Waals surface area contributed by atoms with Gasteiger partial charge in [0.2, 0.25) is 0 Å². The Bertz CT molecular complexity index is 664. The van der Waals surface area contributed by atoms with Crippen LogP contribution in [0.1, 0.15) is 10.8 Å². The summed E-state index contributed by atoms with van der Waals surface area (Å²) >= 11 is 0. The first-order chi connectivity index (χ1) is 9.59. The van der Waals surface area contributed by atoms with E-state index in [-0.39, 0.29) is 36.3 Å². The SMILES string of the molecule is COc1ccc(S(=O)(=O)C(CN)c2cccnc2)cc1.Cl.Cl. The van der Waals surface area contributed by atoms with Crippen LogP contribution in [0.15, 0.2) is 53.7 Å². The maximum absolute atomic E-state index is 12.6. The summed E-state index contributed by atoms with van der Waals surface area (Å²) in [6.07, 6.45) is 3.12. The van der Waals surface area contributed by atoms with E-state index in [1.165, 1.54) is 25.4 Å². The molecule has 22 heavy (non-hydrogen) atoms. The van der Waals surface area contributed by atoms with Gasteiger partial charge in [0, 0.05) is 18.9 Å². The molecule has 5 nitrogen and oxygen atoms in total. The monoisotopic (exact) mass is 364 g/mol. The van der Waals surface area contributed by atoms with E-state index in [0.717, 1.165) is 0 Å². The van der Waals surface area contributed by atoms with Gasteiger partial charge in [0.05, 0.1) is 12.0 Å². The Labute approximate surface area is 142 Å². The molecule has 0 radical (unpaired) electrons. The normalized spacial score (nSPS) is 11.7. The first kappa shape index (κ1) is 20.7. The quantitative estimate of drug-likeness (QED) is 0.880. The summed E-state index contributed by atoms with van der Waals surface area (Å²) in [6.45, 7) is 0.0000554. The number of methoxy groups -OCH3 is 1. The molecule has 0 bridgehead atoms. The topological polar surface area (TPSA) is 82.3 Å². The fourth-order valence-corrected chi connectivity index (χ4v) is 3.53. The summed E-state index contributed by atoms with van der Waals surface area (Å²) < 4.78 is 30.3. The van der Waals surface area contributed by atoms with Gasteiger partial charge in [0.25, 0.3) is 0 Å². The fourth-order valence-electron chi connectivity index (χ4n) is 1.94. The van der Waals surface area contributed by atoms with Gasteiger partial charge in [-0.1, -0.05) is 6.07 Å². The lowest BCUT2D eigenvalue weighted by Gasteiger charge is -2.16. The second-order valence-electron chi connectivity index (χ2n) is 4.23. The number of hydrogen-bond donors (Lipinski definition) is 1. The summed E-state index contributed by atoms with van der Waals surface area (Å²) in [5.41, 5.74) is 6.24. The van der Waals surface area contributed by atoms with Crippen molar-refractivity contribution in [1.29, 1.82) is 0 Å². The van der Waals surface area contributed by atoms with Crippen molar-refractivity contribution in [2.24, 2.45) is 5.73 Å². The zero-order valence-electron chi connectivity index (χ0n) is 11.9. The van der Waals surface area contributed by atoms with Gasteiger partial charge in [0.15, 0.2) is 9.84 Å². The number of ether oxygens (including phenoxy) is 1. The van der Waals surface area contributed by atoms with Gasteiger partial charge in [-0.05, 0) is 35.9 Å². The molecule has 0 saturated carbocycles. The van der Waals surface area contributed by atoms with E-state index in [4.69, 9.17) is 10.5 Å². The second-order valence-corrected chi connectivity index (χ2v) is 6.36. The molecule has 1 aromatic heterocycles. The molecule has 0 fully saturated rings. The molecule has 1 unspecified atom stereocenters. The van der Waals surface area contributed by atoms with Crippen LogP contribution < -0.4 is 10.5 Å². The van der Waals surface area contributed by atoms with E-state index >= 15 is 0 Å². The average molecular weight is 365 g/mol. The number of pyridine rings is 1. The summed E-state index contributed by atoms with van der Waals surface area (Å²) in [5.74, 6) is 0.606. The molecule has 1 aromatic carbocycles. The van der Waals surface area contributed by atoms with E-state index < -0.39 is 15.1 Å². The summed E-state index contributed by atoms with van der Waals surface area (Å²) in [5, 5.41) is -0.801. The lowest BCUT2D eigenvalue weighted by molar-refractivity contribution is 0.414. The highest BCUT2D eigenvalue weighted by Gasteiger charge is 2.28. The largest absolute Gasteiger partial charge is 0.497 e. The van der Waals surface area contributed by atoms with Gasteiger partial charge in [0.1, 0.15) is 11.0 Å². The van der Waals surface area contributed by atoms with Gasteiger partial charge in [-0.15, -0.1) is 24.8 Å². The lowest BCUT2D eigenvalue weighted by Crippen LogP contribution is -2.22. The molecule has 1 atom stereocenters. The standard InChI is InChI=1S/C14H16N2O3S.2ClH/c1-19-12-4-6-13(7-5-12)20(17,18)14(9-15)11-3-2-8-16-10-11;;/h2-8,10,14H,9,15H2,1H3;2*1H. The molecule has 0 aliphatic heterocycles. The predicted octanol–water partition coefficient (Wildman–Crippen LogP) is 2.41. The van der Waals surface area contributed by atoms with Gasteiger partial charge < -0.3 is 10.5 Å². The number of sulfone groups is 1. The Kier molecular flexibility index (Phi) is 8.40. The van der Waals surface area contributed by atoms with Crippen LogP contribution in [0, 0.1) is 0 Å². The van der Waals surface area contributed by atoms with E-state index in [1.54, 1.807) is 30.5 Å². The lowest BCUT2D eigenvalue weighted by atomic mass is 10.2. The molecule has 122 valence electrons. The zero-order chi connectivity index (χ0) is 14.6. The third kappa shape index (κ3) is 4.33. The summed E-state index contributed by atoms with van der Waals surface area (Å²) in [4.78, 5) is 4.17. The van der Waals surface area contributed by atoms with Gasteiger partial charge in [-0.3, -0.25) is 4.98 Å². The van der Waals surface area contributed by atoms with Crippen LogP contribution in [0.3, 0.4) is 0 Å². The molecular formula is C14H18Cl2N2O3S. The maximum atomic E-state index is 12.6. The highest BCUT2D eigenvalue weighted by molar-refractivity contribution is 7.91. The number of benzene rings is 1. The van der Waals surface area contributed by atoms with Crippen LogP contribution in [0.5, 0.6) is 5.75 Å². The number of rotatable bonds is 5. The van der Waals surface area contributed by atoms with Crippen molar-refractivity contribution >= 4 is 34.7 Å². The number of aromatic nitrogens is 1. The Morgan fingerprint density at radius 3 is 2.27 bits per heavy atom. The Hall–Kier alpha value is -1.34. The van der Waals surface area contributed by atoms with Gasteiger partial charge in [-0.25, -0.2) is 8.42 Å². The van der Waals surface area contributed by atoms with E-state index in [2.05, 4.69) is 4.98 Å². The van der Waals surface area contributed by atoms with Crippen LogP contribution in [0.25, 0.3) is 0 Å². The smallest absolute Gasteiger partial charge is 0.186 e. The number of nitrogens with zero attached hydrogens (tertiary/aromatic N) is 1. The fraction of sp³-hybridized carbons (Fsp3) is 0.214. The maximum Gasteiger partial charge on any atom is 0.186 e. The predicted molar refractivity (Wildman–Crippen MR) is 90.7 cm³/mol. The first-order valence-corrected chi connectivity index (χ1v) is 7.62. The first-order valence-electron chi connectivity index (χ1n) is 6.07. The summed E-state index contributed by atoms with van der Waals surface area (Å²) in [6, 6.07) is 9.68. The molecule has 2 rings (SSSR count). The Balaban J connectivity index is 0.00000220. The van der Waals surface area contributed by atoms with Crippen molar-refractivity contribution in [2.75, 3.05) is 13.7 Å². The van der Waals surface area contributed by atoms with Crippen LogP contribution in [0.2, 0.25) is 0 Å². The zero-order valence-corrected chi connectivity index (χ0v) is 14.3. The van der Waals surface area contributed by atoms with Gasteiger partial charge in [-0.2, -0.15) is 0 Å². The van der Waals surface area contributed by atoms with Crippen LogP contribution in [-0.2, 0) is 9.84 Å². The minimum atomic E-state index is -3.55. The minimum absolute atomic E-state index is 0. The molecule has 0 amide bonds. The molecule has 0 spiro atoms. The van der Waals surface area contributed by atoms with Crippen molar-refractivity contribution in [3.8, 4) is 5.75 Å². The summed E-state index contributed by atoms with van der Waals surface area (Å²) in [7, 11) is -2.02. The third-order valence-electron chi connectivity index (χ3n) is 3.03. The van der Waals surface area contributed by atoms with Gasteiger partial charge >= 0.3 is 0 Å². The van der Waals surface area contributed by atoms with Crippen LogP contribution in [0.4, 0.5) is 0 Å². The molecule has 8 heteroatoms. The average Bonchev–Trinajstić information content (AvgIpc) is 2.49. The number of halogens is 2. The number of hydrogen-bond acceptors (Lipinski definition) is 5. The minimum Gasteiger partial charge on any atom is -0.497 e. The van der Waals surface area contributed by atoms with Crippen molar-refractivity contribution in [3.63, 3.8) is 0 Å². The van der Waals surface area contributed by atoms with Crippen molar-refractivity contribution < 1.29 is 13.2 Å². The second kappa shape index (κ2) is 8.95.